The van der Waals surface area contributed by atoms with Gasteiger partial charge in [-0.1, -0.05) is 20.8 Å². The lowest BCUT2D eigenvalue weighted by atomic mass is 9.83. The van der Waals surface area contributed by atoms with Gasteiger partial charge in [0.15, 0.2) is 0 Å². The second-order valence-corrected chi connectivity index (χ2v) is 7.31. The fourth-order valence-electron chi connectivity index (χ4n) is 4.46. The molecule has 1 spiro atoms. The predicted octanol–water partition coefficient (Wildman–Crippen LogP) is 0.468. The fraction of sp³-hybridized carbons (Fsp3) is 1.00. The number of nitrogens with zero attached hydrogens (tertiary/aromatic N) is 3. The third kappa shape index (κ3) is 2.44. The van der Waals surface area contributed by atoms with E-state index in [1.165, 1.54) is 26.2 Å². The van der Waals surface area contributed by atoms with Crippen LogP contribution >= 0.6 is 0 Å². The van der Waals surface area contributed by atoms with Crippen molar-refractivity contribution in [2.24, 2.45) is 5.92 Å². The van der Waals surface area contributed by atoms with Crippen molar-refractivity contribution in [3.05, 3.63) is 0 Å². The summed E-state index contributed by atoms with van der Waals surface area (Å²) in [6, 6.07) is 0.585. The van der Waals surface area contributed by atoms with E-state index in [0.29, 0.717) is 11.6 Å². The number of piperazine rings is 1. The van der Waals surface area contributed by atoms with Crippen LogP contribution in [0, 0.1) is 5.92 Å². The largest absolute Gasteiger partial charge is 0.392 e. The first kappa shape index (κ1) is 13.8. The van der Waals surface area contributed by atoms with E-state index in [-0.39, 0.29) is 6.10 Å². The van der Waals surface area contributed by atoms with Crippen LogP contribution in [-0.2, 0) is 0 Å². The van der Waals surface area contributed by atoms with Gasteiger partial charge < -0.3 is 5.11 Å². The van der Waals surface area contributed by atoms with Gasteiger partial charge in [-0.25, -0.2) is 0 Å². The van der Waals surface area contributed by atoms with Crippen LogP contribution in [0.25, 0.3) is 0 Å². The maximum Gasteiger partial charge on any atom is 0.0682 e. The first-order chi connectivity index (χ1) is 9.02. The third-order valence-electron chi connectivity index (χ3n) is 5.09. The van der Waals surface area contributed by atoms with E-state index in [4.69, 9.17) is 0 Å². The van der Waals surface area contributed by atoms with Gasteiger partial charge in [0.2, 0.25) is 0 Å². The van der Waals surface area contributed by atoms with Crippen LogP contribution in [0.3, 0.4) is 0 Å². The van der Waals surface area contributed by atoms with Gasteiger partial charge in [-0.15, -0.1) is 0 Å². The molecule has 0 aliphatic carbocycles. The molecule has 3 rings (SSSR count). The molecule has 0 bridgehead atoms. The number of hydrogen-bond donors (Lipinski definition) is 1. The molecule has 0 radical (unpaired) electrons. The average Bonchev–Trinajstić information content (AvgIpc) is 2.64. The van der Waals surface area contributed by atoms with Crippen LogP contribution in [0.15, 0.2) is 0 Å². The summed E-state index contributed by atoms with van der Waals surface area (Å²) in [5.74, 6) is 0.734. The predicted molar refractivity (Wildman–Crippen MR) is 77.2 cm³/mol. The minimum Gasteiger partial charge on any atom is -0.392 e. The van der Waals surface area contributed by atoms with Crippen molar-refractivity contribution in [2.45, 2.75) is 44.9 Å². The molecule has 3 fully saturated rings. The average molecular weight is 267 g/mol. The molecule has 0 aromatic rings. The normalized spacial score (nSPS) is 35.8. The van der Waals surface area contributed by atoms with Crippen LogP contribution in [0.4, 0.5) is 0 Å². The van der Waals surface area contributed by atoms with Gasteiger partial charge in [0.1, 0.15) is 0 Å². The molecule has 0 aromatic heterocycles. The molecule has 19 heavy (non-hydrogen) atoms. The summed E-state index contributed by atoms with van der Waals surface area (Å²) in [4.78, 5) is 7.82. The second-order valence-electron chi connectivity index (χ2n) is 7.31. The summed E-state index contributed by atoms with van der Waals surface area (Å²) in [5.41, 5.74) is 0.339. The molecule has 0 aromatic carbocycles. The molecule has 110 valence electrons. The molecule has 0 unspecified atom stereocenters. The lowest BCUT2D eigenvalue weighted by Gasteiger charge is -2.61. The highest BCUT2D eigenvalue weighted by atomic mass is 16.3. The topological polar surface area (TPSA) is 30.0 Å². The van der Waals surface area contributed by atoms with E-state index in [2.05, 4.69) is 35.5 Å². The summed E-state index contributed by atoms with van der Waals surface area (Å²) < 4.78 is 0. The third-order valence-corrected chi connectivity index (χ3v) is 5.09. The molecule has 3 saturated heterocycles. The number of β-amino-alcohol motifs (C(OH)–C–C–N with tert-alkyl or cyclic N) is 1. The van der Waals surface area contributed by atoms with E-state index in [9.17, 15) is 5.11 Å². The van der Waals surface area contributed by atoms with Crippen molar-refractivity contribution >= 4 is 0 Å². The van der Waals surface area contributed by atoms with E-state index in [1.54, 1.807) is 0 Å². The minimum atomic E-state index is -0.100. The minimum absolute atomic E-state index is 0.100. The first-order valence-electron chi connectivity index (χ1n) is 7.92. The molecule has 4 nitrogen and oxygen atoms in total. The van der Waals surface area contributed by atoms with Gasteiger partial charge >= 0.3 is 0 Å². The number of hydrogen-bond acceptors (Lipinski definition) is 4. The monoisotopic (exact) mass is 267 g/mol. The molecular formula is C15H29N3O. The summed E-state index contributed by atoms with van der Waals surface area (Å²) in [7, 11) is 0. The zero-order valence-electron chi connectivity index (χ0n) is 12.7. The smallest absolute Gasteiger partial charge is 0.0682 e. The Hall–Kier alpha value is -0.160. The fourth-order valence-corrected chi connectivity index (χ4v) is 4.46. The Labute approximate surface area is 117 Å². The Morgan fingerprint density at radius 3 is 2.47 bits per heavy atom. The van der Waals surface area contributed by atoms with E-state index in [1.807, 2.05) is 0 Å². The Morgan fingerprint density at radius 1 is 1.16 bits per heavy atom. The zero-order valence-corrected chi connectivity index (χ0v) is 12.7. The second kappa shape index (κ2) is 4.99. The Kier molecular flexibility index (Phi) is 3.63. The molecule has 3 aliphatic rings. The molecule has 3 aliphatic heterocycles. The van der Waals surface area contributed by atoms with Gasteiger partial charge in [-0.3, -0.25) is 14.7 Å². The van der Waals surface area contributed by atoms with Gasteiger partial charge in [0.05, 0.1) is 11.6 Å². The van der Waals surface area contributed by atoms with E-state index >= 15 is 0 Å². The number of fused-ring (bicyclic) bond motifs is 2. The van der Waals surface area contributed by atoms with Gasteiger partial charge in [0.25, 0.3) is 0 Å². The SMILES string of the molecule is CCN1CC2(CN(CC(C)C)C[C@H]3C[C@@H](O)CN32)C1. The lowest BCUT2D eigenvalue weighted by Crippen LogP contribution is -2.78. The Bertz CT molecular complexity index is 327. The quantitative estimate of drug-likeness (QED) is 0.805. The number of aliphatic hydroxyl groups excluding tert-OH is 1. The van der Waals surface area contributed by atoms with Crippen molar-refractivity contribution in [1.82, 2.24) is 14.7 Å². The molecule has 2 atom stereocenters. The molecule has 1 N–H and O–H groups in total. The molecule has 0 amide bonds. The number of aliphatic hydroxyl groups is 1. The first-order valence-corrected chi connectivity index (χ1v) is 7.92. The van der Waals surface area contributed by atoms with Crippen molar-refractivity contribution < 1.29 is 5.11 Å². The summed E-state index contributed by atoms with van der Waals surface area (Å²) in [6.07, 6.45) is 0.874. The molecular weight excluding hydrogens is 238 g/mol. The van der Waals surface area contributed by atoms with Gasteiger partial charge in [-0.05, 0) is 18.9 Å². The van der Waals surface area contributed by atoms with Crippen molar-refractivity contribution in [3.63, 3.8) is 0 Å². The molecule has 0 saturated carbocycles. The van der Waals surface area contributed by atoms with Crippen LogP contribution in [0.5, 0.6) is 0 Å². The summed E-state index contributed by atoms with van der Waals surface area (Å²) >= 11 is 0. The number of rotatable bonds is 3. The van der Waals surface area contributed by atoms with Crippen LogP contribution in [0.2, 0.25) is 0 Å². The summed E-state index contributed by atoms with van der Waals surface area (Å²) in [5, 5.41) is 10.0. The van der Waals surface area contributed by atoms with Crippen molar-refractivity contribution in [1.29, 1.82) is 0 Å². The lowest BCUT2D eigenvalue weighted by molar-refractivity contribution is -0.113. The van der Waals surface area contributed by atoms with Crippen LogP contribution in [-0.4, -0.2) is 83.3 Å². The Morgan fingerprint density at radius 2 is 1.84 bits per heavy atom. The van der Waals surface area contributed by atoms with Crippen LogP contribution in [0.1, 0.15) is 27.2 Å². The molecule has 3 heterocycles. The van der Waals surface area contributed by atoms with Crippen molar-refractivity contribution in [2.75, 3.05) is 45.8 Å². The zero-order chi connectivity index (χ0) is 13.6. The standard InChI is InChI=1S/C15H29N3O/c1-4-16-9-15(10-16)11-17(6-12(2)3)7-13-5-14(19)8-18(13)15/h12-14,19H,4-11H2,1-3H3/t13-,14-/m1/s1. The highest BCUT2D eigenvalue weighted by Gasteiger charge is 2.55. The number of likely N-dealkylation sites (N-methyl/N-ethyl adjacent to an activating group) is 1. The number of likely N-dealkylation sites (tertiary alicyclic amines) is 1. The van der Waals surface area contributed by atoms with E-state index in [0.717, 1.165) is 32.0 Å². The highest BCUT2D eigenvalue weighted by Crippen LogP contribution is 2.38. The molecule has 4 heteroatoms. The van der Waals surface area contributed by atoms with Gasteiger partial charge in [0, 0.05) is 45.3 Å². The highest BCUT2D eigenvalue weighted by molar-refractivity contribution is 5.13. The van der Waals surface area contributed by atoms with Crippen LogP contribution < -0.4 is 0 Å². The van der Waals surface area contributed by atoms with Crippen molar-refractivity contribution in [3.8, 4) is 0 Å². The maximum atomic E-state index is 10.0. The Balaban J connectivity index is 1.73. The van der Waals surface area contributed by atoms with E-state index < -0.39 is 0 Å². The summed E-state index contributed by atoms with van der Waals surface area (Å²) in [6.45, 7) is 14.9. The maximum absolute atomic E-state index is 10.0. The van der Waals surface area contributed by atoms with Gasteiger partial charge in [-0.2, -0.15) is 0 Å².